The number of hydrogen-bond donors (Lipinski definition) is 1. The molecule has 0 bridgehead atoms. The molecule has 0 aromatic heterocycles. The van der Waals surface area contributed by atoms with Crippen molar-refractivity contribution in [2.45, 2.75) is 24.6 Å². The van der Waals surface area contributed by atoms with E-state index < -0.39 is 18.3 Å². The number of nitrogens with zero attached hydrogens (tertiary/aromatic N) is 1. The minimum absolute atomic E-state index is 0.112. The molecule has 1 rings (SSSR count). The summed E-state index contributed by atoms with van der Waals surface area (Å²) in [5, 5.41) is 11.7. The Hall–Kier alpha value is -0.800. The predicted molar refractivity (Wildman–Crippen MR) is 47.0 cm³/mol. The average molecular weight is 222 g/mol. The van der Waals surface area contributed by atoms with Crippen LogP contribution in [0, 0.1) is 17.2 Å². The van der Waals surface area contributed by atoms with Crippen LogP contribution in [0.2, 0.25) is 0 Å². The third-order valence-electron chi connectivity index (χ3n) is 2.52. The number of alkyl halides is 3. The molecule has 1 atom stereocenters. The molecule has 0 saturated heterocycles. The summed E-state index contributed by atoms with van der Waals surface area (Å²) in [5.74, 6) is 0.112. The average Bonchev–Trinajstić information content (AvgIpc) is 2.95. The van der Waals surface area contributed by atoms with Gasteiger partial charge in [0, 0.05) is 0 Å². The highest BCUT2D eigenvalue weighted by Crippen LogP contribution is 2.39. The SMILES string of the molecule is CNC(C#N)(COCC(F)(F)F)C1CC1. The molecule has 0 aromatic rings. The van der Waals surface area contributed by atoms with Crippen molar-refractivity contribution in [1.29, 1.82) is 5.26 Å². The van der Waals surface area contributed by atoms with Crippen LogP contribution in [0.4, 0.5) is 13.2 Å². The fraction of sp³-hybridized carbons (Fsp3) is 0.889. The van der Waals surface area contributed by atoms with Crippen LogP contribution in [0.15, 0.2) is 0 Å². The standard InChI is InChI=1S/C9H13F3N2O/c1-14-8(4-13,7-2-3-7)5-15-6-9(10,11)12/h7,14H,2-3,5-6H2,1H3. The second-order valence-electron chi connectivity index (χ2n) is 3.72. The Morgan fingerprint density at radius 2 is 2.00 bits per heavy atom. The van der Waals surface area contributed by atoms with Crippen LogP contribution in [-0.2, 0) is 4.74 Å². The normalized spacial score (nSPS) is 20.7. The van der Waals surface area contributed by atoms with Gasteiger partial charge in [0.1, 0.15) is 12.1 Å². The van der Waals surface area contributed by atoms with Crippen molar-refractivity contribution in [3.05, 3.63) is 0 Å². The van der Waals surface area contributed by atoms with Crippen molar-refractivity contribution in [3.8, 4) is 6.07 Å². The van der Waals surface area contributed by atoms with Crippen LogP contribution < -0.4 is 5.32 Å². The van der Waals surface area contributed by atoms with Gasteiger partial charge in [-0.3, -0.25) is 0 Å². The van der Waals surface area contributed by atoms with Gasteiger partial charge in [-0.15, -0.1) is 0 Å². The molecule has 1 saturated carbocycles. The van der Waals surface area contributed by atoms with E-state index in [1.165, 1.54) is 0 Å². The Labute approximate surface area is 86.2 Å². The van der Waals surface area contributed by atoms with Crippen molar-refractivity contribution < 1.29 is 17.9 Å². The quantitative estimate of drug-likeness (QED) is 0.765. The zero-order valence-corrected chi connectivity index (χ0v) is 8.40. The van der Waals surface area contributed by atoms with Gasteiger partial charge in [0.25, 0.3) is 0 Å². The molecule has 0 heterocycles. The van der Waals surface area contributed by atoms with Crippen LogP contribution in [0.25, 0.3) is 0 Å². The number of nitriles is 1. The van der Waals surface area contributed by atoms with Crippen LogP contribution in [0.1, 0.15) is 12.8 Å². The second kappa shape index (κ2) is 4.37. The minimum Gasteiger partial charge on any atom is -0.369 e. The largest absolute Gasteiger partial charge is 0.411 e. The van der Waals surface area contributed by atoms with Crippen molar-refractivity contribution in [1.82, 2.24) is 5.32 Å². The molecule has 86 valence electrons. The Balaban J connectivity index is 2.43. The number of rotatable bonds is 5. The lowest BCUT2D eigenvalue weighted by molar-refractivity contribution is -0.177. The molecule has 0 amide bonds. The summed E-state index contributed by atoms with van der Waals surface area (Å²) < 4.78 is 40.0. The second-order valence-corrected chi connectivity index (χ2v) is 3.72. The number of hydrogen-bond acceptors (Lipinski definition) is 3. The summed E-state index contributed by atoms with van der Waals surface area (Å²) in [7, 11) is 1.57. The van der Waals surface area contributed by atoms with Gasteiger partial charge in [-0.2, -0.15) is 18.4 Å². The summed E-state index contributed by atoms with van der Waals surface area (Å²) in [6.07, 6.45) is -2.61. The van der Waals surface area contributed by atoms with E-state index in [0.717, 1.165) is 12.8 Å². The first-order valence-corrected chi connectivity index (χ1v) is 4.68. The molecule has 1 unspecified atom stereocenters. The van der Waals surface area contributed by atoms with Crippen LogP contribution in [-0.4, -0.2) is 32.0 Å². The summed E-state index contributed by atoms with van der Waals surface area (Å²) >= 11 is 0. The molecule has 1 aliphatic carbocycles. The maximum Gasteiger partial charge on any atom is 0.411 e. The van der Waals surface area contributed by atoms with Crippen molar-refractivity contribution in [3.63, 3.8) is 0 Å². The molecule has 1 N–H and O–H groups in total. The highest BCUT2D eigenvalue weighted by molar-refractivity contribution is 5.14. The maximum atomic E-state index is 11.8. The van der Waals surface area contributed by atoms with E-state index >= 15 is 0 Å². The fourth-order valence-corrected chi connectivity index (χ4v) is 1.48. The zero-order chi connectivity index (χ0) is 11.5. The Bertz CT molecular complexity index is 257. The first-order valence-electron chi connectivity index (χ1n) is 4.68. The number of nitrogens with one attached hydrogen (secondary N) is 1. The molecule has 0 spiro atoms. The van der Waals surface area contributed by atoms with E-state index in [1.807, 2.05) is 6.07 Å². The Morgan fingerprint density at radius 3 is 2.33 bits per heavy atom. The zero-order valence-electron chi connectivity index (χ0n) is 8.40. The topological polar surface area (TPSA) is 45.0 Å². The smallest absolute Gasteiger partial charge is 0.369 e. The molecular weight excluding hydrogens is 209 g/mol. The molecule has 1 aliphatic rings. The molecule has 0 radical (unpaired) electrons. The number of likely N-dealkylation sites (N-methyl/N-ethyl adjacent to an activating group) is 1. The summed E-state index contributed by atoms with van der Waals surface area (Å²) in [6.45, 7) is -1.52. The Morgan fingerprint density at radius 1 is 1.40 bits per heavy atom. The highest BCUT2D eigenvalue weighted by Gasteiger charge is 2.45. The molecule has 0 aromatic carbocycles. The third kappa shape index (κ3) is 3.36. The molecule has 0 aliphatic heterocycles. The van der Waals surface area contributed by atoms with Gasteiger partial charge < -0.3 is 10.1 Å². The summed E-state index contributed by atoms with van der Waals surface area (Å²) in [6, 6.07) is 2.01. The number of halogens is 3. The van der Waals surface area contributed by atoms with Crippen molar-refractivity contribution in [2.24, 2.45) is 5.92 Å². The predicted octanol–water partition coefficient (Wildman–Crippen LogP) is 1.46. The van der Waals surface area contributed by atoms with Gasteiger partial charge in [-0.1, -0.05) is 0 Å². The first-order chi connectivity index (χ1) is 6.93. The maximum absolute atomic E-state index is 11.8. The number of ether oxygens (including phenoxy) is 1. The van der Waals surface area contributed by atoms with Crippen molar-refractivity contribution >= 4 is 0 Å². The Kier molecular flexibility index (Phi) is 3.58. The van der Waals surface area contributed by atoms with Crippen LogP contribution >= 0.6 is 0 Å². The molecule has 6 heteroatoms. The van der Waals surface area contributed by atoms with Gasteiger partial charge in [0.2, 0.25) is 0 Å². The van der Waals surface area contributed by atoms with E-state index in [0.29, 0.717) is 0 Å². The van der Waals surface area contributed by atoms with Gasteiger partial charge in [0.05, 0.1) is 12.7 Å². The lowest BCUT2D eigenvalue weighted by atomic mass is 9.97. The molecule has 1 fully saturated rings. The van der Waals surface area contributed by atoms with Crippen LogP contribution in [0.5, 0.6) is 0 Å². The first kappa shape index (κ1) is 12.3. The van der Waals surface area contributed by atoms with Crippen molar-refractivity contribution in [2.75, 3.05) is 20.3 Å². The lowest BCUT2D eigenvalue weighted by Crippen LogP contribution is -2.48. The fourth-order valence-electron chi connectivity index (χ4n) is 1.48. The monoisotopic (exact) mass is 222 g/mol. The molecule has 15 heavy (non-hydrogen) atoms. The van der Waals surface area contributed by atoms with Gasteiger partial charge in [-0.25, -0.2) is 0 Å². The summed E-state index contributed by atoms with van der Waals surface area (Å²) in [5.41, 5.74) is -0.953. The molecular formula is C9H13F3N2O. The van der Waals surface area contributed by atoms with E-state index in [4.69, 9.17) is 5.26 Å². The van der Waals surface area contributed by atoms with E-state index in [1.54, 1.807) is 7.05 Å². The van der Waals surface area contributed by atoms with Gasteiger partial charge in [0.15, 0.2) is 0 Å². The van der Waals surface area contributed by atoms with Crippen LogP contribution in [0.3, 0.4) is 0 Å². The van der Waals surface area contributed by atoms with Gasteiger partial charge in [-0.05, 0) is 25.8 Å². The highest BCUT2D eigenvalue weighted by atomic mass is 19.4. The van der Waals surface area contributed by atoms with Gasteiger partial charge >= 0.3 is 6.18 Å². The third-order valence-corrected chi connectivity index (χ3v) is 2.52. The molecule has 3 nitrogen and oxygen atoms in total. The minimum atomic E-state index is -4.33. The summed E-state index contributed by atoms with van der Waals surface area (Å²) in [4.78, 5) is 0. The van der Waals surface area contributed by atoms with E-state index in [-0.39, 0.29) is 12.5 Å². The van der Waals surface area contributed by atoms with E-state index in [2.05, 4.69) is 10.1 Å². The lowest BCUT2D eigenvalue weighted by Gasteiger charge is -2.25. The van der Waals surface area contributed by atoms with E-state index in [9.17, 15) is 13.2 Å².